The molecule has 1 atom stereocenters. The molecule has 1 N–H and O–H groups in total. The van der Waals surface area contributed by atoms with Gasteiger partial charge in [0.25, 0.3) is 5.91 Å². The second kappa shape index (κ2) is 9.79. The molecule has 0 spiro atoms. The van der Waals surface area contributed by atoms with Gasteiger partial charge in [-0.2, -0.15) is 0 Å². The number of nitrogens with one attached hydrogen (secondary N) is 1. The molecular formula is C27H24FN5O. The van der Waals surface area contributed by atoms with Crippen LogP contribution in [0.1, 0.15) is 46.2 Å². The van der Waals surface area contributed by atoms with E-state index in [4.69, 9.17) is 4.98 Å². The van der Waals surface area contributed by atoms with Crippen LogP contribution in [0, 0.1) is 5.82 Å². The zero-order valence-electron chi connectivity index (χ0n) is 18.6. The molecule has 5 rings (SSSR count). The number of amides is 1. The standard InChI is InChI=1S/C27H24FN5O/c28-23-11-2-1-7-19(23)17-21-10-4-12-24(31-21)25-13-5-16-33(25)26(34)20-8-3-9-22(18-20)32-27-29-14-6-15-30-27/h1-4,6-12,14-15,18,25H,5,13,16-17H2,(H,29,30,32). The van der Waals surface area contributed by atoms with E-state index < -0.39 is 0 Å². The first-order chi connectivity index (χ1) is 16.7. The topological polar surface area (TPSA) is 71.0 Å². The smallest absolute Gasteiger partial charge is 0.254 e. The Morgan fingerprint density at radius 1 is 1.00 bits per heavy atom. The fourth-order valence-corrected chi connectivity index (χ4v) is 4.32. The summed E-state index contributed by atoms with van der Waals surface area (Å²) >= 11 is 0. The van der Waals surface area contributed by atoms with Crippen LogP contribution in [0.15, 0.2) is 85.2 Å². The third kappa shape index (κ3) is 4.78. The lowest BCUT2D eigenvalue weighted by atomic mass is 10.1. The van der Waals surface area contributed by atoms with Gasteiger partial charge in [0.1, 0.15) is 5.82 Å². The third-order valence-electron chi connectivity index (χ3n) is 5.94. The quantitative estimate of drug-likeness (QED) is 0.428. The summed E-state index contributed by atoms with van der Waals surface area (Å²) in [6.45, 7) is 0.669. The number of carbonyl (C=O) groups excluding carboxylic acids is 1. The molecule has 6 nitrogen and oxygen atoms in total. The average molecular weight is 454 g/mol. The van der Waals surface area contributed by atoms with Crippen molar-refractivity contribution in [3.8, 4) is 0 Å². The molecule has 2 aromatic carbocycles. The summed E-state index contributed by atoms with van der Waals surface area (Å²) in [6, 6.07) is 21.5. The van der Waals surface area contributed by atoms with Crippen molar-refractivity contribution >= 4 is 17.5 Å². The van der Waals surface area contributed by atoms with Gasteiger partial charge in [0.2, 0.25) is 5.95 Å². The van der Waals surface area contributed by atoms with Crippen LogP contribution in [-0.2, 0) is 6.42 Å². The number of carbonyl (C=O) groups is 1. The van der Waals surface area contributed by atoms with Gasteiger partial charge in [0, 0.05) is 42.3 Å². The minimum atomic E-state index is -0.234. The van der Waals surface area contributed by atoms with Gasteiger partial charge in [-0.1, -0.05) is 30.3 Å². The number of halogens is 1. The Bertz CT molecular complexity index is 1300. The van der Waals surface area contributed by atoms with E-state index in [-0.39, 0.29) is 17.8 Å². The second-order valence-corrected chi connectivity index (χ2v) is 8.26. The molecule has 1 amide bonds. The maximum atomic E-state index is 14.1. The minimum Gasteiger partial charge on any atom is -0.330 e. The fourth-order valence-electron chi connectivity index (χ4n) is 4.32. The van der Waals surface area contributed by atoms with Crippen LogP contribution in [0.25, 0.3) is 0 Å². The van der Waals surface area contributed by atoms with Crippen LogP contribution in [0.5, 0.6) is 0 Å². The number of pyridine rings is 1. The van der Waals surface area contributed by atoms with E-state index in [1.165, 1.54) is 6.07 Å². The Hall–Kier alpha value is -4.13. The molecule has 3 heterocycles. The van der Waals surface area contributed by atoms with Crippen molar-refractivity contribution in [2.75, 3.05) is 11.9 Å². The molecule has 1 aliphatic heterocycles. The first kappa shape index (κ1) is 21.7. The first-order valence-corrected chi connectivity index (χ1v) is 11.3. The molecule has 1 fully saturated rings. The molecule has 1 aliphatic rings. The van der Waals surface area contributed by atoms with Gasteiger partial charge in [-0.3, -0.25) is 9.78 Å². The predicted octanol–water partition coefficient (Wildman–Crippen LogP) is 5.32. The van der Waals surface area contributed by atoms with E-state index >= 15 is 0 Å². The van der Waals surface area contributed by atoms with E-state index in [1.807, 2.05) is 53.4 Å². The maximum absolute atomic E-state index is 14.1. The van der Waals surface area contributed by atoms with Gasteiger partial charge in [-0.25, -0.2) is 14.4 Å². The number of hydrogen-bond acceptors (Lipinski definition) is 5. The number of anilines is 2. The number of hydrogen-bond donors (Lipinski definition) is 1. The lowest BCUT2D eigenvalue weighted by Gasteiger charge is -2.25. The molecule has 34 heavy (non-hydrogen) atoms. The van der Waals surface area contributed by atoms with Crippen LogP contribution >= 0.6 is 0 Å². The average Bonchev–Trinajstić information content (AvgIpc) is 3.36. The highest BCUT2D eigenvalue weighted by molar-refractivity contribution is 5.95. The maximum Gasteiger partial charge on any atom is 0.254 e. The van der Waals surface area contributed by atoms with Crippen molar-refractivity contribution in [3.05, 3.63) is 114 Å². The number of nitrogens with zero attached hydrogens (tertiary/aromatic N) is 4. The molecule has 0 aliphatic carbocycles. The number of aromatic nitrogens is 3. The molecule has 7 heteroatoms. The Balaban J connectivity index is 1.35. The highest BCUT2D eigenvalue weighted by Crippen LogP contribution is 2.33. The summed E-state index contributed by atoms with van der Waals surface area (Å²) in [7, 11) is 0. The normalized spacial score (nSPS) is 15.3. The summed E-state index contributed by atoms with van der Waals surface area (Å²) in [6.07, 6.45) is 5.48. The second-order valence-electron chi connectivity index (χ2n) is 8.26. The van der Waals surface area contributed by atoms with Gasteiger partial charge >= 0.3 is 0 Å². The molecule has 0 bridgehead atoms. The molecule has 4 aromatic rings. The van der Waals surface area contributed by atoms with Crippen molar-refractivity contribution < 1.29 is 9.18 Å². The highest BCUT2D eigenvalue weighted by atomic mass is 19.1. The van der Waals surface area contributed by atoms with Crippen LogP contribution in [0.3, 0.4) is 0 Å². The minimum absolute atomic E-state index is 0.0403. The molecule has 2 aromatic heterocycles. The van der Waals surface area contributed by atoms with E-state index in [1.54, 1.807) is 30.6 Å². The Morgan fingerprint density at radius 3 is 2.68 bits per heavy atom. The number of likely N-dealkylation sites (tertiary alicyclic amines) is 1. The zero-order chi connectivity index (χ0) is 23.3. The number of benzene rings is 2. The molecule has 0 radical (unpaired) electrons. The Kier molecular flexibility index (Phi) is 6.25. The SMILES string of the molecule is O=C(c1cccc(Nc2ncccn2)c1)N1CCCC1c1cccc(Cc2ccccc2F)n1. The monoisotopic (exact) mass is 453 g/mol. The molecular weight excluding hydrogens is 429 g/mol. The molecule has 0 saturated carbocycles. The predicted molar refractivity (Wildman–Crippen MR) is 128 cm³/mol. The van der Waals surface area contributed by atoms with E-state index in [9.17, 15) is 9.18 Å². The molecule has 1 unspecified atom stereocenters. The van der Waals surface area contributed by atoms with Crippen molar-refractivity contribution in [1.82, 2.24) is 19.9 Å². The van der Waals surface area contributed by atoms with Gasteiger partial charge in [-0.05, 0) is 60.9 Å². The summed E-state index contributed by atoms with van der Waals surface area (Å²) < 4.78 is 14.1. The Labute approximate surface area is 197 Å². The highest BCUT2D eigenvalue weighted by Gasteiger charge is 2.31. The van der Waals surface area contributed by atoms with E-state index in [2.05, 4.69) is 15.3 Å². The molecule has 1 saturated heterocycles. The van der Waals surface area contributed by atoms with E-state index in [0.29, 0.717) is 30.0 Å². The van der Waals surface area contributed by atoms with Crippen molar-refractivity contribution in [2.45, 2.75) is 25.3 Å². The molecule has 170 valence electrons. The summed E-state index contributed by atoms with van der Waals surface area (Å²) in [5, 5.41) is 3.13. The summed E-state index contributed by atoms with van der Waals surface area (Å²) in [5.74, 6) is 0.199. The van der Waals surface area contributed by atoms with E-state index in [0.717, 1.165) is 29.9 Å². The van der Waals surface area contributed by atoms with Gasteiger partial charge < -0.3 is 10.2 Å². The van der Waals surface area contributed by atoms with Gasteiger partial charge in [0.15, 0.2) is 0 Å². The van der Waals surface area contributed by atoms with Crippen molar-refractivity contribution in [2.24, 2.45) is 0 Å². The lowest BCUT2D eigenvalue weighted by Crippen LogP contribution is -2.31. The van der Waals surface area contributed by atoms with Gasteiger partial charge in [-0.15, -0.1) is 0 Å². The van der Waals surface area contributed by atoms with Crippen molar-refractivity contribution in [3.63, 3.8) is 0 Å². The lowest BCUT2D eigenvalue weighted by molar-refractivity contribution is 0.0733. The van der Waals surface area contributed by atoms with Gasteiger partial charge in [0.05, 0.1) is 11.7 Å². The van der Waals surface area contributed by atoms with Crippen LogP contribution in [0.4, 0.5) is 16.0 Å². The Morgan fingerprint density at radius 2 is 1.82 bits per heavy atom. The fraction of sp³-hybridized carbons (Fsp3) is 0.185. The first-order valence-electron chi connectivity index (χ1n) is 11.3. The van der Waals surface area contributed by atoms with Crippen molar-refractivity contribution in [1.29, 1.82) is 0 Å². The summed E-state index contributed by atoms with van der Waals surface area (Å²) in [5.41, 5.74) is 3.58. The van der Waals surface area contributed by atoms with Crippen LogP contribution in [-0.4, -0.2) is 32.3 Å². The zero-order valence-corrected chi connectivity index (χ0v) is 18.6. The largest absolute Gasteiger partial charge is 0.330 e. The number of rotatable bonds is 6. The van der Waals surface area contributed by atoms with Crippen LogP contribution in [0.2, 0.25) is 0 Å². The van der Waals surface area contributed by atoms with Crippen LogP contribution < -0.4 is 5.32 Å². The third-order valence-corrected chi connectivity index (χ3v) is 5.94. The summed E-state index contributed by atoms with van der Waals surface area (Å²) in [4.78, 5) is 28.5.